The number of amides is 1. The lowest BCUT2D eigenvalue weighted by molar-refractivity contribution is 0.0917. The Bertz CT molecular complexity index is 964. The van der Waals surface area contributed by atoms with Gasteiger partial charge in [-0.1, -0.05) is 23.5 Å². The highest BCUT2D eigenvalue weighted by Crippen LogP contribution is 2.35. The first kappa shape index (κ1) is 16.5. The Morgan fingerprint density at radius 1 is 1.19 bits per heavy atom. The van der Waals surface area contributed by atoms with E-state index in [2.05, 4.69) is 4.98 Å². The number of para-hydroxylation sites is 1. The molecule has 1 amide bonds. The maximum absolute atomic E-state index is 13.4. The van der Waals surface area contributed by atoms with Crippen molar-refractivity contribution < 1.29 is 19.0 Å². The Balaban J connectivity index is 1.51. The molecule has 0 bridgehead atoms. The van der Waals surface area contributed by atoms with Gasteiger partial charge in [0, 0.05) is 12.2 Å². The van der Waals surface area contributed by atoms with Crippen LogP contribution in [0.2, 0.25) is 0 Å². The average molecular weight is 382 g/mol. The molecule has 3 heterocycles. The molecule has 5 rings (SSSR count). The van der Waals surface area contributed by atoms with Crippen LogP contribution in [0.5, 0.6) is 11.5 Å². The fourth-order valence-corrected chi connectivity index (χ4v) is 4.37. The van der Waals surface area contributed by atoms with E-state index in [1.54, 1.807) is 23.1 Å². The summed E-state index contributed by atoms with van der Waals surface area (Å²) in [6, 6.07) is 13.2. The maximum Gasteiger partial charge on any atom is 0.260 e. The average Bonchev–Trinajstić information content (AvgIpc) is 3.44. The summed E-state index contributed by atoms with van der Waals surface area (Å²) in [6.45, 7) is 1.42. The van der Waals surface area contributed by atoms with Gasteiger partial charge in [-0.25, -0.2) is 4.98 Å². The second-order valence-electron chi connectivity index (χ2n) is 6.58. The van der Waals surface area contributed by atoms with E-state index in [9.17, 15) is 4.79 Å². The van der Waals surface area contributed by atoms with Gasteiger partial charge in [0.25, 0.3) is 5.91 Å². The molecule has 0 spiro atoms. The molecule has 2 aliphatic heterocycles. The zero-order chi connectivity index (χ0) is 18.2. The first-order valence-electron chi connectivity index (χ1n) is 8.96. The number of aromatic nitrogens is 1. The molecular weight excluding hydrogens is 364 g/mol. The van der Waals surface area contributed by atoms with Crippen molar-refractivity contribution in [3.8, 4) is 11.5 Å². The molecular formula is C20H18N2O4S. The quantitative estimate of drug-likeness (QED) is 0.686. The van der Waals surface area contributed by atoms with Gasteiger partial charge in [-0.15, -0.1) is 0 Å². The Morgan fingerprint density at radius 3 is 2.93 bits per heavy atom. The van der Waals surface area contributed by atoms with Crippen LogP contribution in [0.1, 0.15) is 23.2 Å². The van der Waals surface area contributed by atoms with Gasteiger partial charge in [0.2, 0.25) is 6.79 Å². The second kappa shape index (κ2) is 6.83. The van der Waals surface area contributed by atoms with Gasteiger partial charge in [0.05, 0.1) is 22.9 Å². The summed E-state index contributed by atoms with van der Waals surface area (Å²) in [4.78, 5) is 19.8. The molecule has 1 saturated heterocycles. The molecule has 2 aliphatic rings. The zero-order valence-electron chi connectivity index (χ0n) is 14.6. The normalized spacial score (nSPS) is 18.1. The van der Waals surface area contributed by atoms with Gasteiger partial charge < -0.3 is 14.2 Å². The fourth-order valence-electron chi connectivity index (χ4n) is 3.40. The number of carbonyl (C=O) groups excluding carboxylic acids is 1. The van der Waals surface area contributed by atoms with Gasteiger partial charge in [-0.2, -0.15) is 0 Å². The number of anilines is 1. The van der Waals surface area contributed by atoms with Gasteiger partial charge in [-0.3, -0.25) is 9.69 Å². The van der Waals surface area contributed by atoms with Crippen LogP contribution in [0, 0.1) is 0 Å². The predicted molar refractivity (Wildman–Crippen MR) is 103 cm³/mol. The SMILES string of the molecule is O=C(c1ccc2c(c1)OCO2)N(CC1CCCO1)c1nc2ccccc2s1. The van der Waals surface area contributed by atoms with Gasteiger partial charge in [0.1, 0.15) is 0 Å². The first-order chi connectivity index (χ1) is 13.3. The van der Waals surface area contributed by atoms with E-state index in [0.29, 0.717) is 28.7 Å². The van der Waals surface area contributed by atoms with Crippen molar-refractivity contribution in [1.82, 2.24) is 4.98 Å². The van der Waals surface area contributed by atoms with Crippen molar-refractivity contribution in [2.75, 3.05) is 24.8 Å². The summed E-state index contributed by atoms with van der Waals surface area (Å²) < 4.78 is 17.6. The lowest BCUT2D eigenvalue weighted by Gasteiger charge is -2.23. The van der Waals surface area contributed by atoms with E-state index < -0.39 is 0 Å². The summed E-state index contributed by atoms with van der Waals surface area (Å²) in [5, 5.41) is 0.689. The lowest BCUT2D eigenvalue weighted by Crippen LogP contribution is -2.37. The number of hydrogen-bond donors (Lipinski definition) is 0. The van der Waals surface area contributed by atoms with E-state index in [0.717, 1.165) is 29.7 Å². The minimum absolute atomic E-state index is 0.0370. The standard InChI is InChI=1S/C20H18N2O4S/c23-19(13-7-8-16-17(10-13)26-12-25-16)22(11-14-4-3-9-24-14)20-21-15-5-1-2-6-18(15)27-20/h1-2,5-8,10,14H,3-4,9,11-12H2. The van der Waals surface area contributed by atoms with Gasteiger partial charge in [-0.05, 0) is 43.2 Å². The predicted octanol–water partition coefficient (Wildman–Crippen LogP) is 3.85. The highest BCUT2D eigenvalue weighted by molar-refractivity contribution is 7.22. The highest BCUT2D eigenvalue weighted by Gasteiger charge is 2.28. The molecule has 1 fully saturated rings. The Labute approximate surface area is 160 Å². The third kappa shape index (κ3) is 3.13. The summed E-state index contributed by atoms with van der Waals surface area (Å²) in [7, 11) is 0. The highest BCUT2D eigenvalue weighted by atomic mass is 32.1. The molecule has 1 aromatic heterocycles. The smallest absolute Gasteiger partial charge is 0.260 e. The Hall–Kier alpha value is -2.64. The Kier molecular flexibility index (Phi) is 4.18. The molecule has 1 atom stereocenters. The van der Waals surface area contributed by atoms with Crippen LogP contribution in [0.3, 0.4) is 0 Å². The largest absolute Gasteiger partial charge is 0.454 e. The molecule has 138 valence electrons. The molecule has 6 nitrogen and oxygen atoms in total. The van der Waals surface area contributed by atoms with E-state index in [1.165, 1.54) is 11.3 Å². The minimum Gasteiger partial charge on any atom is -0.454 e. The van der Waals surface area contributed by atoms with Crippen LogP contribution in [-0.4, -0.2) is 36.9 Å². The first-order valence-corrected chi connectivity index (χ1v) is 9.78. The number of ether oxygens (including phenoxy) is 3. The van der Waals surface area contributed by atoms with Crippen LogP contribution < -0.4 is 14.4 Å². The van der Waals surface area contributed by atoms with Crippen molar-refractivity contribution in [2.24, 2.45) is 0 Å². The topological polar surface area (TPSA) is 60.9 Å². The fraction of sp³-hybridized carbons (Fsp3) is 0.300. The van der Waals surface area contributed by atoms with E-state index >= 15 is 0 Å². The number of carbonyl (C=O) groups is 1. The number of fused-ring (bicyclic) bond motifs is 2. The monoisotopic (exact) mass is 382 g/mol. The van der Waals surface area contributed by atoms with Crippen LogP contribution >= 0.6 is 11.3 Å². The molecule has 0 radical (unpaired) electrons. The number of rotatable bonds is 4. The Morgan fingerprint density at radius 2 is 2.07 bits per heavy atom. The van der Waals surface area contributed by atoms with Crippen molar-refractivity contribution in [3.05, 3.63) is 48.0 Å². The summed E-state index contributed by atoms with van der Waals surface area (Å²) >= 11 is 1.52. The van der Waals surface area contributed by atoms with E-state index in [1.807, 2.05) is 24.3 Å². The van der Waals surface area contributed by atoms with E-state index in [-0.39, 0.29) is 18.8 Å². The zero-order valence-corrected chi connectivity index (χ0v) is 15.4. The third-order valence-electron chi connectivity index (χ3n) is 4.79. The van der Waals surface area contributed by atoms with Gasteiger partial charge in [0.15, 0.2) is 16.6 Å². The van der Waals surface area contributed by atoms with Crippen molar-refractivity contribution in [3.63, 3.8) is 0 Å². The second-order valence-corrected chi connectivity index (χ2v) is 7.59. The molecule has 0 aliphatic carbocycles. The van der Waals surface area contributed by atoms with Crippen molar-refractivity contribution >= 4 is 32.6 Å². The van der Waals surface area contributed by atoms with Crippen LogP contribution in [0.4, 0.5) is 5.13 Å². The molecule has 2 aromatic carbocycles. The molecule has 27 heavy (non-hydrogen) atoms. The minimum atomic E-state index is -0.108. The van der Waals surface area contributed by atoms with Crippen LogP contribution in [0.15, 0.2) is 42.5 Å². The number of nitrogens with zero attached hydrogens (tertiary/aromatic N) is 2. The number of thiazole rings is 1. The molecule has 1 unspecified atom stereocenters. The maximum atomic E-state index is 13.4. The molecule has 0 saturated carbocycles. The van der Waals surface area contributed by atoms with Crippen molar-refractivity contribution in [2.45, 2.75) is 18.9 Å². The molecule has 0 N–H and O–H groups in total. The third-order valence-corrected chi connectivity index (χ3v) is 5.85. The van der Waals surface area contributed by atoms with Gasteiger partial charge >= 0.3 is 0 Å². The summed E-state index contributed by atoms with van der Waals surface area (Å²) in [6.07, 6.45) is 2.02. The summed E-state index contributed by atoms with van der Waals surface area (Å²) in [5.41, 5.74) is 1.45. The lowest BCUT2D eigenvalue weighted by atomic mass is 10.1. The van der Waals surface area contributed by atoms with Crippen molar-refractivity contribution in [1.29, 1.82) is 0 Å². The van der Waals surface area contributed by atoms with Crippen LogP contribution in [0.25, 0.3) is 10.2 Å². The molecule has 3 aromatic rings. The van der Waals surface area contributed by atoms with E-state index in [4.69, 9.17) is 14.2 Å². The number of benzene rings is 2. The van der Waals surface area contributed by atoms with Crippen LogP contribution in [-0.2, 0) is 4.74 Å². The molecule has 7 heteroatoms. The summed E-state index contributed by atoms with van der Waals surface area (Å²) in [5.74, 6) is 1.15. The number of hydrogen-bond acceptors (Lipinski definition) is 6.